The molecule has 0 atom stereocenters. The van der Waals surface area contributed by atoms with Crippen LogP contribution in [0.3, 0.4) is 0 Å². The monoisotopic (exact) mass is 362 g/mol. The lowest BCUT2D eigenvalue weighted by atomic mass is 10.2. The second kappa shape index (κ2) is 7.48. The summed E-state index contributed by atoms with van der Waals surface area (Å²) in [4.78, 5) is 0. The molecule has 0 unspecified atom stereocenters. The third-order valence-electron chi connectivity index (χ3n) is 2.83. The van der Waals surface area contributed by atoms with Crippen LogP contribution in [0.1, 0.15) is 5.76 Å². The van der Waals surface area contributed by atoms with Crippen LogP contribution in [0.25, 0.3) is 11.3 Å². The molecule has 0 saturated heterocycles. The van der Waals surface area contributed by atoms with Gasteiger partial charge in [-0.05, 0) is 30.3 Å². The fourth-order valence-corrected chi connectivity index (χ4v) is 2.58. The van der Waals surface area contributed by atoms with Gasteiger partial charge in [0.15, 0.2) is 0 Å². The van der Waals surface area contributed by atoms with E-state index >= 15 is 0 Å². The lowest BCUT2D eigenvalue weighted by Crippen LogP contribution is -2.30. The molecule has 0 spiro atoms. The minimum absolute atomic E-state index is 0.333. The fraction of sp³-hybridized carbons (Fsp3) is 0.286. The first kappa shape index (κ1) is 17.3. The Kier molecular flexibility index (Phi) is 5.88. The van der Waals surface area contributed by atoms with Crippen molar-refractivity contribution in [1.29, 1.82) is 0 Å². The topological polar surface area (TPSA) is 71.3 Å². The van der Waals surface area contributed by atoms with Gasteiger partial charge in [0.2, 0.25) is 10.0 Å². The van der Waals surface area contributed by atoms with Crippen molar-refractivity contribution < 1.29 is 12.8 Å². The van der Waals surface area contributed by atoms with Crippen molar-refractivity contribution in [3.63, 3.8) is 0 Å². The van der Waals surface area contributed by atoms with Crippen LogP contribution in [0.15, 0.2) is 34.7 Å². The van der Waals surface area contributed by atoms with E-state index in [4.69, 9.17) is 27.6 Å². The number of hydrogen-bond donors (Lipinski definition) is 2. The van der Waals surface area contributed by atoms with Gasteiger partial charge in [-0.25, -0.2) is 13.1 Å². The zero-order valence-electron chi connectivity index (χ0n) is 11.9. The largest absolute Gasteiger partial charge is 0.460 e. The van der Waals surface area contributed by atoms with Crippen molar-refractivity contribution >= 4 is 33.2 Å². The minimum Gasteiger partial charge on any atom is -0.460 e. The molecule has 0 fully saturated rings. The van der Waals surface area contributed by atoms with E-state index in [9.17, 15) is 8.42 Å². The highest BCUT2D eigenvalue weighted by Gasteiger charge is 2.07. The summed E-state index contributed by atoms with van der Waals surface area (Å²) < 4.78 is 29.9. The minimum atomic E-state index is -3.15. The molecular weight excluding hydrogens is 347 g/mol. The standard InChI is InChI=1S/C14H16Cl2N2O3S/c1-22(19,20)18-7-6-17-9-11-3-5-14(21-11)10-2-4-12(15)13(16)8-10/h2-5,8,17-18H,6-7,9H2,1H3. The average Bonchev–Trinajstić information content (AvgIpc) is 2.89. The molecule has 2 N–H and O–H groups in total. The van der Waals surface area contributed by atoms with E-state index in [2.05, 4.69) is 10.0 Å². The SMILES string of the molecule is CS(=O)(=O)NCCNCc1ccc(-c2ccc(Cl)c(Cl)c2)o1. The Hall–Kier alpha value is -1.05. The van der Waals surface area contributed by atoms with Crippen LogP contribution in [-0.2, 0) is 16.6 Å². The third kappa shape index (κ3) is 5.30. The molecular formula is C14H16Cl2N2O3S. The number of hydrogen-bond acceptors (Lipinski definition) is 4. The van der Waals surface area contributed by atoms with Crippen LogP contribution in [0.5, 0.6) is 0 Å². The van der Waals surface area contributed by atoms with Crippen molar-refractivity contribution in [3.8, 4) is 11.3 Å². The van der Waals surface area contributed by atoms with E-state index in [0.29, 0.717) is 35.4 Å². The molecule has 0 aliphatic rings. The summed E-state index contributed by atoms with van der Waals surface area (Å²) in [5, 5.41) is 4.06. The predicted octanol–water partition coefficient (Wildman–Crippen LogP) is 2.89. The molecule has 0 aliphatic carbocycles. The Labute approximate surface area is 139 Å². The average molecular weight is 363 g/mol. The maximum absolute atomic E-state index is 10.9. The summed E-state index contributed by atoms with van der Waals surface area (Å²) in [5.41, 5.74) is 0.847. The molecule has 120 valence electrons. The Morgan fingerprint density at radius 3 is 2.55 bits per heavy atom. The third-order valence-corrected chi connectivity index (χ3v) is 4.30. The summed E-state index contributed by atoms with van der Waals surface area (Å²) in [5.74, 6) is 1.45. The molecule has 22 heavy (non-hydrogen) atoms. The van der Waals surface area contributed by atoms with Gasteiger partial charge in [0, 0.05) is 18.7 Å². The van der Waals surface area contributed by atoms with Gasteiger partial charge in [0.25, 0.3) is 0 Å². The van der Waals surface area contributed by atoms with Crippen LogP contribution in [0, 0.1) is 0 Å². The van der Waals surface area contributed by atoms with Gasteiger partial charge in [0.1, 0.15) is 11.5 Å². The van der Waals surface area contributed by atoms with Crippen molar-refractivity contribution in [3.05, 3.63) is 46.1 Å². The molecule has 1 aromatic carbocycles. The van der Waals surface area contributed by atoms with Gasteiger partial charge in [0.05, 0.1) is 22.8 Å². The number of rotatable bonds is 7. The summed E-state index contributed by atoms with van der Waals surface area (Å²) in [6.07, 6.45) is 1.13. The molecule has 0 bridgehead atoms. The number of nitrogens with one attached hydrogen (secondary N) is 2. The van der Waals surface area contributed by atoms with E-state index in [1.54, 1.807) is 12.1 Å². The number of furan rings is 1. The summed E-state index contributed by atoms with van der Waals surface area (Å²) in [6, 6.07) is 9.01. The first-order valence-electron chi connectivity index (χ1n) is 6.54. The molecule has 0 radical (unpaired) electrons. The molecule has 2 aromatic rings. The zero-order chi connectivity index (χ0) is 16.2. The van der Waals surface area contributed by atoms with Crippen molar-refractivity contribution in [2.75, 3.05) is 19.3 Å². The molecule has 0 saturated carbocycles. The van der Waals surface area contributed by atoms with E-state index in [1.165, 1.54) is 0 Å². The van der Waals surface area contributed by atoms with Crippen molar-refractivity contribution in [2.24, 2.45) is 0 Å². The van der Waals surface area contributed by atoms with Crippen molar-refractivity contribution in [2.45, 2.75) is 6.54 Å². The highest BCUT2D eigenvalue weighted by molar-refractivity contribution is 7.88. The predicted molar refractivity (Wildman–Crippen MR) is 88.7 cm³/mol. The van der Waals surface area contributed by atoms with Crippen LogP contribution < -0.4 is 10.0 Å². The first-order chi connectivity index (χ1) is 10.3. The number of sulfonamides is 1. The van der Waals surface area contributed by atoms with E-state index in [-0.39, 0.29) is 0 Å². The van der Waals surface area contributed by atoms with Gasteiger partial charge in [-0.3, -0.25) is 0 Å². The van der Waals surface area contributed by atoms with Gasteiger partial charge in [-0.15, -0.1) is 0 Å². The van der Waals surface area contributed by atoms with Crippen LogP contribution in [-0.4, -0.2) is 27.8 Å². The Morgan fingerprint density at radius 2 is 1.86 bits per heavy atom. The normalized spacial score (nSPS) is 11.8. The number of halogens is 2. The smallest absolute Gasteiger partial charge is 0.208 e. The van der Waals surface area contributed by atoms with Crippen LogP contribution in [0.4, 0.5) is 0 Å². The molecule has 2 rings (SSSR count). The van der Waals surface area contributed by atoms with Crippen molar-refractivity contribution in [1.82, 2.24) is 10.0 Å². The molecule has 5 nitrogen and oxygen atoms in total. The molecule has 8 heteroatoms. The van der Waals surface area contributed by atoms with Gasteiger partial charge in [-0.2, -0.15) is 0 Å². The maximum atomic E-state index is 10.9. The molecule has 1 heterocycles. The first-order valence-corrected chi connectivity index (χ1v) is 9.19. The highest BCUT2D eigenvalue weighted by Crippen LogP contribution is 2.29. The second-order valence-corrected chi connectivity index (χ2v) is 7.39. The highest BCUT2D eigenvalue weighted by atomic mass is 35.5. The Bertz CT molecular complexity index is 744. The number of benzene rings is 1. The van der Waals surface area contributed by atoms with E-state index in [0.717, 1.165) is 17.6 Å². The maximum Gasteiger partial charge on any atom is 0.208 e. The fourth-order valence-electron chi connectivity index (χ4n) is 1.81. The molecule has 1 aromatic heterocycles. The van der Waals surface area contributed by atoms with Crippen LogP contribution in [0.2, 0.25) is 10.0 Å². The molecule has 0 aliphatic heterocycles. The Morgan fingerprint density at radius 1 is 1.09 bits per heavy atom. The summed E-state index contributed by atoms with van der Waals surface area (Å²) in [7, 11) is -3.15. The second-order valence-electron chi connectivity index (χ2n) is 4.74. The summed E-state index contributed by atoms with van der Waals surface area (Å²) in [6.45, 7) is 1.35. The Balaban J connectivity index is 1.87. The van der Waals surface area contributed by atoms with Gasteiger partial charge >= 0.3 is 0 Å². The lowest BCUT2D eigenvalue weighted by Gasteiger charge is -2.04. The van der Waals surface area contributed by atoms with E-state index < -0.39 is 10.0 Å². The lowest BCUT2D eigenvalue weighted by molar-refractivity contribution is 0.494. The summed E-state index contributed by atoms with van der Waals surface area (Å²) >= 11 is 11.9. The van der Waals surface area contributed by atoms with Crippen LogP contribution >= 0.6 is 23.2 Å². The quantitative estimate of drug-likeness (QED) is 0.742. The van der Waals surface area contributed by atoms with E-state index in [1.807, 2.05) is 18.2 Å². The van der Waals surface area contributed by atoms with Gasteiger partial charge < -0.3 is 9.73 Å². The zero-order valence-corrected chi connectivity index (χ0v) is 14.2. The van der Waals surface area contributed by atoms with Gasteiger partial charge in [-0.1, -0.05) is 23.2 Å². The molecule has 0 amide bonds.